The van der Waals surface area contributed by atoms with Crippen LogP contribution < -0.4 is 5.73 Å². The van der Waals surface area contributed by atoms with E-state index in [0.29, 0.717) is 23.0 Å². The van der Waals surface area contributed by atoms with E-state index in [4.69, 9.17) is 30.3 Å². The van der Waals surface area contributed by atoms with Crippen LogP contribution in [0.5, 0.6) is 0 Å². The number of nitrogen functional groups attached to an aromatic ring is 1. The van der Waals surface area contributed by atoms with Crippen molar-refractivity contribution in [2.45, 2.75) is 42.0 Å². The van der Waals surface area contributed by atoms with Gasteiger partial charge in [-0.15, -0.1) is 0 Å². The molecule has 0 aliphatic carbocycles. The van der Waals surface area contributed by atoms with Gasteiger partial charge in [0.1, 0.15) is 44.7 Å². The third-order valence-corrected chi connectivity index (χ3v) is 6.68. The van der Waals surface area contributed by atoms with Gasteiger partial charge in [-0.25, -0.2) is 28.5 Å². The quantitative estimate of drug-likeness (QED) is 0.180. The fourth-order valence-electron chi connectivity index (χ4n) is 3.40. The molecule has 38 heavy (non-hydrogen) atoms. The fraction of sp³-hybridized carbons (Fsp3) is 0.250. The van der Waals surface area contributed by atoms with E-state index in [1.54, 1.807) is 20.5 Å². The minimum absolute atomic E-state index is 0. The van der Waals surface area contributed by atoms with Gasteiger partial charge in [0.15, 0.2) is 16.1 Å². The van der Waals surface area contributed by atoms with E-state index in [1.807, 2.05) is 45.2 Å². The molecular weight excluding hydrogens is 659 g/mol. The highest BCUT2D eigenvalue weighted by Gasteiger charge is 2.09. The first-order chi connectivity index (χ1) is 18.1. The zero-order chi connectivity index (χ0) is 28.0. The molecule has 6 heterocycles. The van der Waals surface area contributed by atoms with Crippen molar-refractivity contribution in [2.75, 3.05) is 5.73 Å². The van der Waals surface area contributed by atoms with Crippen molar-refractivity contribution in [1.29, 1.82) is 0 Å². The van der Waals surface area contributed by atoms with Crippen molar-refractivity contribution in [3.05, 3.63) is 79.6 Å². The van der Waals surface area contributed by atoms with Crippen LogP contribution in [0.15, 0.2) is 52.6 Å². The van der Waals surface area contributed by atoms with Crippen molar-refractivity contribution >= 4 is 77.4 Å². The van der Waals surface area contributed by atoms with E-state index in [2.05, 4.69) is 62.1 Å². The van der Waals surface area contributed by atoms with Crippen LogP contribution in [-0.2, 0) is 0 Å². The number of hydrogen-bond donors (Lipinski definition) is 1. The van der Waals surface area contributed by atoms with Crippen LogP contribution in [0.4, 0.5) is 5.82 Å². The number of nitrogens with zero attached hydrogens (tertiary/aromatic N) is 9. The second-order valence-corrected chi connectivity index (χ2v) is 9.70. The lowest BCUT2D eigenvalue weighted by atomic mass is 10.3. The van der Waals surface area contributed by atoms with Crippen LogP contribution in [-0.4, -0.2) is 43.8 Å². The maximum absolute atomic E-state index is 6.21. The predicted molar refractivity (Wildman–Crippen MR) is 161 cm³/mol. The first-order valence-corrected chi connectivity index (χ1v) is 13.1. The first-order valence-electron chi connectivity index (χ1n) is 11.4. The van der Waals surface area contributed by atoms with E-state index in [9.17, 15) is 0 Å². The molecule has 10 nitrogen and oxygen atoms in total. The Morgan fingerprint density at radius 1 is 0.789 bits per heavy atom. The number of fused-ring (bicyclic) bond motifs is 3. The van der Waals surface area contributed by atoms with Gasteiger partial charge in [0.2, 0.25) is 0 Å². The molecule has 6 aromatic heterocycles. The normalized spacial score (nSPS) is 10.5. The summed E-state index contributed by atoms with van der Waals surface area (Å²) in [6, 6.07) is 5.87. The van der Waals surface area contributed by atoms with Gasteiger partial charge in [-0.3, -0.25) is 0 Å². The van der Waals surface area contributed by atoms with E-state index in [1.165, 1.54) is 19.0 Å². The van der Waals surface area contributed by atoms with Gasteiger partial charge < -0.3 is 5.73 Å². The smallest absolute Gasteiger partial charge is 0.156 e. The van der Waals surface area contributed by atoms with Crippen molar-refractivity contribution < 1.29 is 1.37 Å². The summed E-state index contributed by atoms with van der Waals surface area (Å²) in [6.45, 7) is 8.21. The average molecular weight is 688 g/mol. The first kappa shape index (κ1) is 29.8. The average Bonchev–Trinajstić information content (AvgIpc) is 3.50. The Morgan fingerprint density at radius 2 is 1.26 bits per heavy atom. The maximum atomic E-state index is 6.21. The maximum Gasteiger partial charge on any atom is 0.156 e. The van der Waals surface area contributed by atoms with Crippen LogP contribution in [0.1, 0.15) is 39.3 Å². The largest absolute Gasteiger partial charge is 0.382 e. The molecule has 0 saturated heterocycles. The van der Waals surface area contributed by atoms with Gasteiger partial charge in [-0.2, -0.15) is 15.3 Å². The highest BCUT2D eigenvalue weighted by Crippen LogP contribution is 2.24. The number of aryl methyl sites for hydroxylation is 3. The summed E-state index contributed by atoms with van der Waals surface area (Å²) in [6.07, 6.45) is 6.17. The van der Waals surface area contributed by atoms with Crippen LogP contribution in [0.2, 0.25) is 10.3 Å². The molecule has 0 saturated carbocycles. The molecule has 6 rings (SSSR count). The van der Waals surface area contributed by atoms with Crippen LogP contribution in [0, 0.1) is 20.8 Å². The second kappa shape index (κ2) is 13.8. The number of anilines is 1. The zero-order valence-corrected chi connectivity index (χ0v) is 25.0. The summed E-state index contributed by atoms with van der Waals surface area (Å²) < 4.78 is 13.1. The molecule has 0 amide bonds. The Hall–Kier alpha value is -2.80. The summed E-state index contributed by atoms with van der Waals surface area (Å²) in [5, 5.41) is 13.0. The van der Waals surface area contributed by atoms with Gasteiger partial charge in [0.25, 0.3) is 0 Å². The van der Waals surface area contributed by atoms with E-state index >= 15 is 0 Å². The fourth-order valence-corrected chi connectivity index (χ4v) is 5.18. The van der Waals surface area contributed by atoms with Gasteiger partial charge in [0.05, 0.1) is 0 Å². The van der Waals surface area contributed by atoms with Gasteiger partial charge >= 0.3 is 0 Å². The van der Waals surface area contributed by atoms with Crippen LogP contribution in [0.3, 0.4) is 0 Å². The molecule has 0 aliphatic heterocycles. The highest BCUT2D eigenvalue weighted by molar-refractivity contribution is 9.10. The Morgan fingerprint density at radius 3 is 1.79 bits per heavy atom. The molecular formula is C24H28Br2Cl2N10. The minimum atomic E-state index is 0. The lowest BCUT2D eigenvalue weighted by molar-refractivity contribution is 0.884. The molecule has 0 unspecified atom stereocenters. The third kappa shape index (κ3) is 6.60. The third-order valence-electron chi connectivity index (χ3n) is 5.00. The molecule has 202 valence electrons. The van der Waals surface area contributed by atoms with Crippen molar-refractivity contribution in [2.24, 2.45) is 0 Å². The van der Waals surface area contributed by atoms with E-state index in [-0.39, 0.29) is 7.43 Å². The lowest BCUT2D eigenvalue weighted by Gasteiger charge is -1.97. The predicted octanol–water partition coefficient (Wildman–Crippen LogP) is 7.19. The van der Waals surface area contributed by atoms with Gasteiger partial charge in [-0.05, 0) is 87.5 Å². The number of hydrogen-bond acceptors (Lipinski definition) is 7. The van der Waals surface area contributed by atoms with Gasteiger partial charge in [-0.1, -0.05) is 44.5 Å². The second-order valence-electron chi connectivity index (χ2n) is 7.36. The lowest BCUT2D eigenvalue weighted by Crippen LogP contribution is -1.99. The van der Waals surface area contributed by atoms with E-state index < -0.39 is 0 Å². The van der Waals surface area contributed by atoms with E-state index in [0.717, 1.165) is 42.4 Å². The van der Waals surface area contributed by atoms with Crippen LogP contribution >= 0.6 is 55.1 Å². The molecule has 0 atom stereocenters. The Bertz CT molecular complexity index is 1600. The summed E-state index contributed by atoms with van der Waals surface area (Å²) >= 11 is 18.4. The topological polar surface area (TPSA) is 117 Å². The zero-order valence-electron chi connectivity index (χ0n) is 21.4. The highest BCUT2D eigenvalue weighted by atomic mass is 79.9. The number of rotatable bonds is 0. The molecule has 0 aromatic carbocycles. The number of halogens is 4. The summed E-state index contributed by atoms with van der Waals surface area (Å²) in [7, 11) is 0. The molecule has 6 aromatic rings. The summed E-state index contributed by atoms with van der Waals surface area (Å²) in [4.78, 5) is 11.7. The summed E-state index contributed by atoms with van der Waals surface area (Å²) in [5.41, 5.74) is 11.5. The SMILES string of the molecule is C.Cc1cc(Br)n2ncnc(Cl)c12.Cc1cc(Br)n2ncnc(N)c12.Cc1ccn2ncnc(Cl)c12.[2H]CC. The molecule has 2 N–H and O–H groups in total. The molecule has 0 fully saturated rings. The molecule has 0 radical (unpaired) electrons. The van der Waals surface area contributed by atoms with Crippen molar-refractivity contribution in [3.8, 4) is 0 Å². The monoisotopic (exact) mass is 685 g/mol. The Kier molecular flexibility index (Phi) is 10.8. The molecule has 14 heteroatoms. The van der Waals surface area contributed by atoms with Crippen LogP contribution in [0.25, 0.3) is 16.6 Å². The van der Waals surface area contributed by atoms with Crippen molar-refractivity contribution in [3.63, 3.8) is 0 Å². The summed E-state index contributed by atoms with van der Waals surface area (Å²) in [5.74, 6) is 0.508. The molecule has 0 aliphatic rings. The Labute approximate surface area is 248 Å². The van der Waals surface area contributed by atoms with Crippen molar-refractivity contribution in [1.82, 2.24) is 43.8 Å². The number of nitrogens with two attached hydrogens (primary N) is 1. The molecule has 0 bridgehead atoms. The Balaban J connectivity index is 0.000000193. The number of aromatic nitrogens is 9. The standard InChI is InChI=1S/C7H5BrClN3.C7H7BrN4.C7H6ClN3.C2H6.CH4/c2*1-4-2-5(8)12-6(4)7(9)10-3-11-12;1-5-2-3-11-6(5)7(8)9-4-10-11;1-2;/h2-3H,1H3;2-3H,1H3,(H2,9,10,11);2-4H,1H3;1-2H3;1H4/i;;;1D;. The van der Waals surface area contributed by atoms with Gasteiger partial charge in [0, 0.05) is 7.57 Å². The molecule has 0 spiro atoms. The minimum Gasteiger partial charge on any atom is -0.382 e.